The fraction of sp³-hybridized carbons (Fsp3) is 0.500. The molecule has 0 radical (unpaired) electrons. The van der Waals surface area contributed by atoms with E-state index in [1.807, 2.05) is 36.4 Å². The maximum Gasteiger partial charge on any atom is 0.407 e. The second kappa shape index (κ2) is 14.0. The van der Waals surface area contributed by atoms with Gasteiger partial charge in [0, 0.05) is 25.5 Å². The van der Waals surface area contributed by atoms with Crippen molar-refractivity contribution in [3.63, 3.8) is 0 Å². The predicted octanol–water partition coefficient (Wildman–Crippen LogP) is 4.68. The molecular formula is C30H40N2O6. The maximum absolute atomic E-state index is 12.9. The molecular weight excluding hydrogens is 484 g/mol. The number of rotatable bonds is 13. The van der Waals surface area contributed by atoms with Gasteiger partial charge in [0.05, 0.1) is 0 Å². The summed E-state index contributed by atoms with van der Waals surface area (Å²) in [6.45, 7) is 6.07. The minimum absolute atomic E-state index is 0.0183. The molecule has 0 spiro atoms. The average Bonchev–Trinajstić information content (AvgIpc) is 3.20. The van der Waals surface area contributed by atoms with Crippen LogP contribution >= 0.6 is 0 Å². The van der Waals surface area contributed by atoms with Crippen LogP contribution in [0.4, 0.5) is 4.79 Å². The lowest BCUT2D eigenvalue weighted by atomic mass is 9.98. The van der Waals surface area contributed by atoms with Crippen LogP contribution in [0.15, 0.2) is 48.5 Å². The highest BCUT2D eigenvalue weighted by Crippen LogP contribution is 2.44. The number of hydrogen-bond acceptors (Lipinski definition) is 6. The Kier molecular flexibility index (Phi) is 10.7. The molecule has 0 unspecified atom stereocenters. The van der Waals surface area contributed by atoms with Gasteiger partial charge in [-0.3, -0.25) is 9.59 Å². The van der Waals surface area contributed by atoms with Crippen LogP contribution in [0.2, 0.25) is 0 Å². The van der Waals surface area contributed by atoms with Gasteiger partial charge in [-0.05, 0) is 62.3 Å². The molecule has 1 aliphatic rings. The van der Waals surface area contributed by atoms with Crippen LogP contribution < -0.4 is 10.6 Å². The van der Waals surface area contributed by atoms with E-state index in [1.54, 1.807) is 20.8 Å². The zero-order valence-corrected chi connectivity index (χ0v) is 22.6. The SMILES string of the molecule is CC(C)(C)OC(=O)CC[C@H](NC(=O)OCC1c2ccccc2-c2ccccc21)C(=O)NCCCCCCO. The van der Waals surface area contributed by atoms with Crippen molar-refractivity contribution in [2.45, 2.75) is 76.9 Å². The van der Waals surface area contributed by atoms with Crippen LogP contribution in [-0.4, -0.2) is 54.5 Å². The van der Waals surface area contributed by atoms with E-state index in [2.05, 4.69) is 22.8 Å². The van der Waals surface area contributed by atoms with Gasteiger partial charge < -0.3 is 25.2 Å². The summed E-state index contributed by atoms with van der Waals surface area (Å²) < 4.78 is 11.0. The molecule has 0 aromatic heterocycles. The summed E-state index contributed by atoms with van der Waals surface area (Å²) in [5.41, 5.74) is 3.82. The van der Waals surface area contributed by atoms with Crippen molar-refractivity contribution in [2.75, 3.05) is 19.8 Å². The molecule has 2 amide bonds. The Morgan fingerprint density at radius 2 is 1.53 bits per heavy atom. The number of unbranched alkanes of at least 4 members (excludes halogenated alkanes) is 3. The van der Waals surface area contributed by atoms with E-state index in [4.69, 9.17) is 14.6 Å². The zero-order valence-electron chi connectivity index (χ0n) is 22.6. The van der Waals surface area contributed by atoms with E-state index < -0.39 is 23.7 Å². The Labute approximate surface area is 225 Å². The lowest BCUT2D eigenvalue weighted by molar-refractivity contribution is -0.155. The quantitative estimate of drug-likeness (QED) is 0.259. The number of aliphatic hydroxyl groups excluding tert-OH is 1. The Bertz CT molecular complexity index is 1050. The first-order chi connectivity index (χ1) is 18.2. The van der Waals surface area contributed by atoms with Crippen molar-refractivity contribution in [3.05, 3.63) is 59.7 Å². The summed E-state index contributed by atoms with van der Waals surface area (Å²) in [7, 11) is 0. The Morgan fingerprint density at radius 3 is 2.13 bits per heavy atom. The van der Waals surface area contributed by atoms with E-state index in [-0.39, 0.29) is 37.9 Å². The number of hydrogen-bond donors (Lipinski definition) is 3. The van der Waals surface area contributed by atoms with Crippen LogP contribution in [0.5, 0.6) is 0 Å². The lowest BCUT2D eigenvalue weighted by Gasteiger charge is -2.22. The second-order valence-corrected chi connectivity index (χ2v) is 10.6. The minimum atomic E-state index is -0.935. The highest BCUT2D eigenvalue weighted by atomic mass is 16.6. The van der Waals surface area contributed by atoms with Crippen molar-refractivity contribution < 1.29 is 29.0 Å². The number of fused-ring (bicyclic) bond motifs is 3. The first kappa shape index (κ1) is 29.2. The molecule has 0 aliphatic heterocycles. The number of carbonyl (C=O) groups is 3. The number of amides is 2. The number of ether oxygens (including phenoxy) is 2. The molecule has 1 atom stereocenters. The zero-order chi connectivity index (χ0) is 27.5. The van der Waals surface area contributed by atoms with Crippen molar-refractivity contribution >= 4 is 18.0 Å². The van der Waals surface area contributed by atoms with Crippen LogP contribution in [0.25, 0.3) is 11.1 Å². The summed E-state index contributed by atoms with van der Waals surface area (Å²) in [5, 5.41) is 14.4. The second-order valence-electron chi connectivity index (χ2n) is 10.6. The topological polar surface area (TPSA) is 114 Å². The standard InChI is InChI=1S/C30H40N2O6/c1-30(2,3)38-27(34)17-16-26(28(35)31-18-10-4-5-11-19-33)32-29(36)37-20-25-23-14-8-6-12-21(23)22-13-7-9-15-24(22)25/h6-9,12-15,25-26,33H,4-5,10-11,16-20H2,1-3H3,(H,31,35)(H,32,36)/t26-/m0/s1. The van der Waals surface area contributed by atoms with E-state index in [9.17, 15) is 14.4 Å². The van der Waals surface area contributed by atoms with Gasteiger partial charge in [-0.15, -0.1) is 0 Å². The van der Waals surface area contributed by atoms with Crippen LogP contribution in [0.3, 0.4) is 0 Å². The largest absolute Gasteiger partial charge is 0.460 e. The van der Waals surface area contributed by atoms with Crippen molar-refractivity contribution in [1.82, 2.24) is 10.6 Å². The van der Waals surface area contributed by atoms with E-state index >= 15 is 0 Å². The summed E-state index contributed by atoms with van der Waals surface area (Å²) in [6.07, 6.45) is 2.62. The smallest absolute Gasteiger partial charge is 0.407 e. The summed E-state index contributed by atoms with van der Waals surface area (Å²) in [4.78, 5) is 37.9. The Morgan fingerprint density at radius 1 is 0.921 bits per heavy atom. The molecule has 3 rings (SSSR count). The van der Waals surface area contributed by atoms with Crippen LogP contribution in [0, 0.1) is 0 Å². The highest BCUT2D eigenvalue weighted by molar-refractivity contribution is 5.86. The van der Waals surface area contributed by atoms with E-state index in [1.165, 1.54) is 0 Å². The predicted molar refractivity (Wildman–Crippen MR) is 146 cm³/mol. The van der Waals surface area contributed by atoms with Gasteiger partial charge in [0.2, 0.25) is 5.91 Å². The monoisotopic (exact) mass is 524 g/mol. The van der Waals surface area contributed by atoms with Crippen LogP contribution in [0.1, 0.15) is 76.3 Å². The van der Waals surface area contributed by atoms with Gasteiger partial charge in [-0.2, -0.15) is 0 Å². The first-order valence-corrected chi connectivity index (χ1v) is 13.4. The molecule has 8 nitrogen and oxygen atoms in total. The first-order valence-electron chi connectivity index (χ1n) is 13.4. The van der Waals surface area contributed by atoms with Crippen molar-refractivity contribution in [1.29, 1.82) is 0 Å². The van der Waals surface area contributed by atoms with Gasteiger partial charge >= 0.3 is 12.1 Å². The molecule has 0 saturated carbocycles. The van der Waals surface area contributed by atoms with Gasteiger partial charge in [-0.25, -0.2) is 4.79 Å². The average molecular weight is 525 g/mol. The molecule has 8 heteroatoms. The molecule has 0 heterocycles. The highest BCUT2D eigenvalue weighted by Gasteiger charge is 2.30. The number of benzene rings is 2. The van der Waals surface area contributed by atoms with Crippen molar-refractivity contribution in [3.8, 4) is 11.1 Å². The Balaban J connectivity index is 1.59. The van der Waals surface area contributed by atoms with Crippen LogP contribution in [-0.2, 0) is 19.1 Å². The molecule has 0 saturated heterocycles. The third-order valence-corrected chi connectivity index (χ3v) is 6.39. The summed E-state index contributed by atoms with van der Waals surface area (Å²) >= 11 is 0. The van der Waals surface area contributed by atoms with Gasteiger partial charge in [0.15, 0.2) is 0 Å². The van der Waals surface area contributed by atoms with E-state index in [0.717, 1.165) is 47.9 Å². The van der Waals surface area contributed by atoms with Gasteiger partial charge in [-0.1, -0.05) is 61.4 Å². The number of aliphatic hydroxyl groups is 1. The molecule has 0 bridgehead atoms. The molecule has 1 aliphatic carbocycles. The Hall–Kier alpha value is -3.39. The molecule has 38 heavy (non-hydrogen) atoms. The third-order valence-electron chi connectivity index (χ3n) is 6.39. The molecule has 206 valence electrons. The van der Waals surface area contributed by atoms with E-state index in [0.29, 0.717) is 6.54 Å². The maximum atomic E-state index is 12.9. The third kappa shape index (κ3) is 8.58. The number of carbonyl (C=O) groups excluding carboxylic acids is 3. The minimum Gasteiger partial charge on any atom is -0.460 e. The molecule has 2 aromatic rings. The van der Waals surface area contributed by atoms with Gasteiger partial charge in [0.25, 0.3) is 0 Å². The summed E-state index contributed by atoms with van der Waals surface area (Å²) in [5.74, 6) is -0.904. The number of nitrogens with one attached hydrogen (secondary N) is 2. The summed E-state index contributed by atoms with van der Waals surface area (Å²) in [6, 6.07) is 15.2. The molecule has 0 fully saturated rings. The van der Waals surface area contributed by atoms with Crippen molar-refractivity contribution in [2.24, 2.45) is 0 Å². The lowest BCUT2D eigenvalue weighted by Crippen LogP contribution is -2.47. The normalized spacial score (nSPS) is 13.3. The number of esters is 1. The molecule has 2 aromatic carbocycles. The molecule has 3 N–H and O–H groups in total. The number of alkyl carbamates (subject to hydrolysis) is 1. The van der Waals surface area contributed by atoms with Gasteiger partial charge in [0.1, 0.15) is 18.2 Å². The fourth-order valence-electron chi connectivity index (χ4n) is 4.63. The fourth-order valence-corrected chi connectivity index (χ4v) is 4.63.